The maximum absolute atomic E-state index is 15.2. The summed E-state index contributed by atoms with van der Waals surface area (Å²) in [4.78, 5) is 38.7. The fraction of sp³-hybridized carbons (Fsp3) is 0.121. The second-order valence-electron chi connectivity index (χ2n) is 19.0. The maximum Gasteiger partial charge on any atom is 0.261 e. The molecule has 6 heteroatoms. The van der Waals surface area contributed by atoms with Crippen molar-refractivity contribution >= 4 is 100 Å². The molecule has 72 heavy (non-hydrogen) atoms. The van der Waals surface area contributed by atoms with Crippen molar-refractivity contribution in [1.29, 1.82) is 0 Å². The largest absolute Gasteiger partial charge is 0.310 e. The highest BCUT2D eigenvalue weighted by Crippen LogP contribution is 2.48. The van der Waals surface area contributed by atoms with E-state index in [9.17, 15) is 0 Å². The van der Waals surface area contributed by atoms with E-state index >= 15 is 9.59 Å². The van der Waals surface area contributed by atoms with Crippen LogP contribution in [0.15, 0.2) is 230 Å². The van der Waals surface area contributed by atoms with Crippen molar-refractivity contribution in [2.75, 3.05) is 22.9 Å². The molecule has 0 saturated carbocycles. The highest BCUT2D eigenvalue weighted by molar-refractivity contribution is 6.30. The lowest BCUT2D eigenvalue weighted by Crippen LogP contribution is -2.31. The first-order valence-corrected chi connectivity index (χ1v) is 25.3. The van der Waals surface area contributed by atoms with E-state index in [0.717, 1.165) is 92.5 Å². The number of fused-ring (bicyclic) bond motifs is 5. The topological polar surface area (TPSA) is 47.1 Å². The van der Waals surface area contributed by atoms with Gasteiger partial charge in [-0.2, -0.15) is 0 Å². The zero-order valence-electron chi connectivity index (χ0n) is 40.6. The molecule has 0 bridgehead atoms. The van der Waals surface area contributed by atoms with Crippen molar-refractivity contribution in [2.45, 2.75) is 39.5 Å². The van der Waals surface area contributed by atoms with Gasteiger partial charge < -0.3 is 19.6 Å². The minimum atomic E-state index is -0.119. The molecule has 0 fully saturated rings. The Hall–Kier alpha value is -8.74. The Labute approximate surface area is 421 Å². The number of nitrogens with zero attached hydrogens (tertiary/aromatic N) is 4. The van der Waals surface area contributed by atoms with Crippen LogP contribution in [0.5, 0.6) is 0 Å². The van der Waals surface area contributed by atoms with Gasteiger partial charge in [-0.25, -0.2) is 0 Å². The zero-order valence-corrected chi connectivity index (χ0v) is 40.6. The normalized spacial score (nSPS) is 13.6. The summed E-state index contributed by atoms with van der Waals surface area (Å²) in [7, 11) is 0. The van der Waals surface area contributed by atoms with E-state index in [2.05, 4.69) is 242 Å². The van der Waals surface area contributed by atoms with Gasteiger partial charge in [0.2, 0.25) is 0 Å². The van der Waals surface area contributed by atoms with E-state index in [-0.39, 0.29) is 11.8 Å². The molecule has 350 valence electrons. The van der Waals surface area contributed by atoms with Crippen molar-refractivity contribution in [2.24, 2.45) is 0 Å². The van der Waals surface area contributed by atoms with Gasteiger partial charge in [-0.3, -0.25) is 9.59 Å². The van der Waals surface area contributed by atoms with Gasteiger partial charge in [-0.1, -0.05) is 172 Å². The summed E-state index contributed by atoms with van der Waals surface area (Å²) in [5, 5.41) is 9.35. The molecule has 0 spiro atoms. The summed E-state index contributed by atoms with van der Waals surface area (Å²) in [6.07, 6.45) is 3.44. The van der Waals surface area contributed by atoms with Crippen molar-refractivity contribution in [3.63, 3.8) is 0 Å². The van der Waals surface area contributed by atoms with Gasteiger partial charge in [0.25, 0.3) is 11.8 Å². The number of benzene rings is 10. The van der Waals surface area contributed by atoms with Gasteiger partial charge >= 0.3 is 0 Å². The molecular formula is C66H54N4O2. The fourth-order valence-corrected chi connectivity index (χ4v) is 10.8. The van der Waals surface area contributed by atoms with Crippen molar-refractivity contribution in [1.82, 2.24) is 9.80 Å². The molecule has 0 N–H and O–H groups in total. The predicted molar refractivity (Wildman–Crippen MR) is 299 cm³/mol. The first kappa shape index (κ1) is 44.5. The fourth-order valence-electron chi connectivity index (χ4n) is 10.8. The zero-order chi connectivity index (χ0) is 48.7. The molecule has 0 aromatic heterocycles. The van der Waals surface area contributed by atoms with Crippen LogP contribution in [0.1, 0.15) is 50.7 Å². The molecular weight excluding hydrogens is 881 g/mol. The van der Waals surface area contributed by atoms with Crippen LogP contribution in [0.2, 0.25) is 0 Å². The average molecular weight is 935 g/mol. The molecule has 2 amide bonds. The summed E-state index contributed by atoms with van der Waals surface area (Å²) in [6.45, 7) is 5.31. The van der Waals surface area contributed by atoms with Crippen molar-refractivity contribution in [3.05, 3.63) is 241 Å². The molecule has 0 atom stereocenters. The van der Waals surface area contributed by atoms with Crippen LogP contribution in [0, 0.1) is 0 Å². The van der Waals surface area contributed by atoms with Crippen molar-refractivity contribution < 1.29 is 9.59 Å². The Morgan fingerprint density at radius 3 is 0.861 bits per heavy atom. The number of anilines is 6. The SMILES string of the molecule is CCCCN1C(=O)C2=C(c3ccc(N(c4ccc5ccccc5c4)c4ccc5ccccc5c4)cc3)N(CCCC)C(=O)C2=C1c1ccc(N(c2ccc3ccccc3c2)c2ccc3ccccc3c2)cc1. The van der Waals surface area contributed by atoms with Gasteiger partial charge in [0.15, 0.2) is 0 Å². The average Bonchev–Trinajstić information content (AvgIpc) is 3.88. The molecule has 0 radical (unpaired) electrons. The van der Waals surface area contributed by atoms with E-state index in [4.69, 9.17) is 0 Å². The van der Waals surface area contributed by atoms with E-state index in [0.29, 0.717) is 35.6 Å². The maximum atomic E-state index is 15.2. The lowest BCUT2D eigenvalue weighted by Gasteiger charge is -2.28. The van der Waals surface area contributed by atoms with Crippen molar-refractivity contribution in [3.8, 4) is 0 Å². The quantitative estimate of drug-likeness (QED) is 0.109. The molecule has 0 saturated heterocycles. The monoisotopic (exact) mass is 934 g/mol. The third-order valence-electron chi connectivity index (χ3n) is 14.4. The Kier molecular flexibility index (Phi) is 11.7. The van der Waals surface area contributed by atoms with Gasteiger partial charge in [0.05, 0.1) is 22.5 Å². The molecule has 2 aliphatic heterocycles. The summed E-state index contributed by atoms with van der Waals surface area (Å²) >= 11 is 0. The minimum absolute atomic E-state index is 0.119. The molecule has 0 aliphatic carbocycles. The molecule has 2 aliphatic rings. The third-order valence-corrected chi connectivity index (χ3v) is 14.4. The number of rotatable bonds is 14. The van der Waals surface area contributed by atoms with Crippen LogP contribution in [0.25, 0.3) is 54.5 Å². The first-order chi connectivity index (χ1) is 35.4. The predicted octanol–water partition coefficient (Wildman–Crippen LogP) is 16.6. The number of carbonyl (C=O) groups excluding carboxylic acids is 2. The number of amides is 2. The lowest BCUT2D eigenvalue weighted by molar-refractivity contribution is -0.124. The molecule has 0 unspecified atom stereocenters. The van der Waals surface area contributed by atoms with Crippen LogP contribution >= 0.6 is 0 Å². The highest BCUT2D eigenvalue weighted by atomic mass is 16.2. The minimum Gasteiger partial charge on any atom is -0.310 e. The molecule has 2 heterocycles. The number of unbranched alkanes of at least 4 members (excludes halogenated alkanes) is 2. The van der Waals surface area contributed by atoms with E-state index in [1.54, 1.807) is 0 Å². The standard InChI is InChI=1S/C66H54N4O2/c1-3-5-39-67-63(49-27-31-55(32-28-49)69(57-35-23-45-15-7-11-19-51(45)41-57)58-36-24-46-16-8-12-20-52(46)42-58)61-62(65(67)71)64(68(66(61)72)40-6-4-2)50-29-33-56(34-30-50)70(59-37-25-47-17-9-13-21-53(47)43-59)60-38-26-48-18-10-14-22-54(48)44-60/h7-38,41-44H,3-6,39-40H2,1-2H3. The van der Waals surface area contributed by atoms with Crippen LogP contribution in [0.4, 0.5) is 34.1 Å². The van der Waals surface area contributed by atoms with Gasteiger partial charge in [0, 0.05) is 47.2 Å². The second-order valence-corrected chi connectivity index (χ2v) is 19.0. The lowest BCUT2D eigenvalue weighted by atomic mass is 10.0. The van der Waals surface area contributed by atoms with E-state index < -0.39 is 0 Å². The highest BCUT2D eigenvalue weighted by Gasteiger charge is 2.48. The summed E-state index contributed by atoms with van der Waals surface area (Å²) < 4.78 is 0. The van der Waals surface area contributed by atoms with E-state index in [1.807, 2.05) is 9.80 Å². The number of hydrogen-bond donors (Lipinski definition) is 0. The van der Waals surface area contributed by atoms with Gasteiger partial charge in [-0.05, 0) is 140 Å². The Morgan fingerprint density at radius 2 is 0.583 bits per heavy atom. The number of hydrogen-bond acceptors (Lipinski definition) is 4. The molecule has 12 rings (SSSR count). The smallest absolute Gasteiger partial charge is 0.261 e. The summed E-state index contributed by atoms with van der Waals surface area (Å²) in [5.74, 6) is -0.237. The number of carbonyl (C=O) groups is 2. The molecule has 6 nitrogen and oxygen atoms in total. The Morgan fingerprint density at radius 1 is 0.319 bits per heavy atom. The Bertz CT molecular complexity index is 3390. The molecule has 10 aromatic carbocycles. The summed E-state index contributed by atoms with van der Waals surface area (Å²) in [5.41, 5.74) is 10.1. The first-order valence-electron chi connectivity index (χ1n) is 25.3. The molecule has 10 aromatic rings. The third kappa shape index (κ3) is 7.95. The van der Waals surface area contributed by atoms with Crippen LogP contribution < -0.4 is 9.80 Å². The summed E-state index contributed by atoms with van der Waals surface area (Å²) in [6, 6.07) is 77.0. The van der Waals surface area contributed by atoms with Crippen LogP contribution in [0.3, 0.4) is 0 Å². The Balaban J connectivity index is 0.969. The van der Waals surface area contributed by atoms with Crippen LogP contribution in [-0.2, 0) is 9.59 Å². The van der Waals surface area contributed by atoms with Crippen LogP contribution in [-0.4, -0.2) is 34.7 Å². The van der Waals surface area contributed by atoms with E-state index in [1.165, 1.54) is 21.5 Å². The second kappa shape index (κ2) is 18.9. The van der Waals surface area contributed by atoms with Gasteiger partial charge in [-0.15, -0.1) is 0 Å². The van der Waals surface area contributed by atoms with Gasteiger partial charge in [0.1, 0.15) is 0 Å².